The van der Waals surface area contributed by atoms with E-state index in [-0.39, 0.29) is 5.91 Å². The summed E-state index contributed by atoms with van der Waals surface area (Å²) in [5.41, 5.74) is 4.97. The number of hydrazone groups is 1. The van der Waals surface area contributed by atoms with Gasteiger partial charge in [-0.1, -0.05) is 48.0 Å². The number of carbonyl (C=O) groups excluding carboxylic acids is 2. The molecule has 0 aliphatic heterocycles. The maximum absolute atomic E-state index is 12.6. The van der Waals surface area contributed by atoms with Gasteiger partial charge in [-0.3, -0.25) is 9.78 Å². The summed E-state index contributed by atoms with van der Waals surface area (Å²) >= 11 is 0. The van der Waals surface area contributed by atoms with E-state index in [9.17, 15) is 9.59 Å². The number of aromatic nitrogens is 1. The minimum Gasteiger partial charge on any atom is -0.422 e. The lowest BCUT2D eigenvalue weighted by molar-refractivity contribution is 0.0734. The molecular formula is C25H19N3O3. The van der Waals surface area contributed by atoms with Crippen LogP contribution in [0.15, 0.2) is 90.3 Å². The highest BCUT2D eigenvalue weighted by molar-refractivity contribution is 6.04. The van der Waals surface area contributed by atoms with Crippen LogP contribution in [-0.2, 0) is 0 Å². The largest absolute Gasteiger partial charge is 0.422 e. The summed E-state index contributed by atoms with van der Waals surface area (Å²) in [7, 11) is 0. The van der Waals surface area contributed by atoms with Crippen LogP contribution in [0.2, 0.25) is 0 Å². The third-order valence-corrected chi connectivity index (χ3v) is 4.70. The van der Waals surface area contributed by atoms with E-state index in [1.807, 2.05) is 49.4 Å². The van der Waals surface area contributed by atoms with Gasteiger partial charge in [0.2, 0.25) is 0 Å². The van der Waals surface area contributed by atoms with E-state index >= 15 is 0 Å². The number of carbonyl (C=O) groups is 2. The van der Waals surface area contributed by atoms with Crippen LogP contribution in [0.25, 0.3) is 10.8 Å². The van der Waals surface area contributed by atoms with Crippen molar-refractivity contribution in [3.63, 3.8) is 0 Å². The summed E-state index contributed by atoms with van der Waals surface area (Å²) in [6.07, 6.45) is 4.52. The van der Waals surface area contributed by atoms with Crippen molar-refractivity contribution in [1.29, 1.82) is 0 Å². The fourth-order valence-electron chi connectivity index (χ4n) is 3.06. The van der Waals surface area contributed by atoms with Crippen LogP contribution in [0.3, 0.4) is 0 Å². The molecule has 6 heteroatoms. The Morgan fingerprint density at radius 3 is 2.52 bits per heavy atom. The fourth-order valence-corrected chi connectivity index (χ4v) is 3.06. The van der Waals surface area contributed by atoms with Crippen LogP contribution in [-0.4, -0.2) is 23.1 Å². The first kappa shape index (κ1) is 20.0. The van der Waals surface area contributed by atoms with Gasteiger partial charge in [-0.15, -0.1) is 0 Å². The third-order valence-electron chi connectivity index (χ3n) is 4.70. The summed E-state index contributed by atoms with van der Waals surface area (Å²) in [6.45, 7) is 1.95. The maximum atomic E-state index is 12.6. The topological polar surface area (TPSA) is 80.6 Å². The normalized spacial score (nSPS) is 10.9. The molecule has 0 bridgehead atoms. The fraction of sp³-hybridized carbons (Fsp3) is 0.0400. The molecule has 0 radical (unpaired) electrons. The zero-order valence-electron chi connectivity index (χ0n) is 16.8. The van der Waals surface area contributed by atoms with Crippen molar-refractivity contribution in [1.82, 2.24) is 10.4 Å². The molecular weight excluding hydrogens is 390 g/mol. The second kappa shape index (κ2) is 9.00. The lowest BCUT2D eigenvalue weighted by Gasteiger charge is -2.10. The molecule has 1 amide bonds. The van der Waals surface area contributed by atoms with Gasteiger partial charge in [0.25, 0.3) is 5.91 Å². The molecule has 0 saturated carbocycles. The molecule has 6 nitrogen and oxygen atoms in total. The molecule has 1 heterocycles. The molecule has 0 saturated heterocycles. The monoisotopic (exact) mass is 409 g/mol. The van der Waals surface area contributed by atoms with Gasteiger partial charge in [0.05, 0.1) is 17.3 Å². The van der Waals surface area contributed by atoms with Crippen molar-refractivity contribution in [2.24, 2.45) is 5.10 Å². The molecule has 3 aromatic carbocycles. The molecule has 31 heavy (non-hydrogen) atoms. The van der Waals surface area contributed by atoms with Gasteiger partial charge in [-0.05, 0) is 48.0 Å². The highest BCUT2D eigenvalue weighted by atomic mass is 16.5. The van der Waals surface area contributed by atoms with E-state index in [1.54, 1.807) is 36.5 Å². The molecule has 1 N–H and O–H groups in total. The Labute approximate surface area is 179 Å². The maximum Gasteiger partial charge on any atom is 0.343 e. The standard InChI is InChI=1S/C25H19N3O3/c1-17-8-10-19(11-9-17)25(30)31-23-13-12-18-5-2-3-7-21(18)22(23)16-27-28-24(29)20-6-4-14-26-15-20/h2-16H,1H3,(H,28,29)/b27-16-. The molecule has 4 aromatic rings. The second-order valence-corrected chi connectivity index (χ2v) is 6.89. The van der Waals surface area contributed by atoms with E-state index in [4.69, 9.17) is 4.74 Å². The number of nitrogens with zero attached hydrogens (tertiary/aromatic N) is 2. The lowest BCUT2D eigenvalue weighted by Crippen LogP contribution is -2.18. The highest BCUT2D eigenvalue weighted by Gasteiger charge is 2.13. The van der Waals surface area contributed by atoms with E-state index in [1.165, 1.54) is 12.4 Å². The Balaban J connectivity index is 1.63. The second-order valence-electron chi connectivity index (χ2n) is 6.89. The first-order chi connectivity index (χ1) is 15.1. The van der Waals surface area contributed by atoms with E-state index in [2.05, 4.69) is 15.5 Å². The van der Waals surface area contributed by atoms with E-state index in [0.29, 0.717) is 22.4 Å². The van der Waals surface area contributed by atoms with Crippen LogP contribution in [0.1, 0.15) is 31.8 Å². The number of ether oxygens (including phenoxy) is 1. The van der Waals surface area contributed by atoms with Gasteiger partial charge in [0.1, 0.15) is 5.75 Å². The predicted octanol–water partition coefficient (Wildman–Crippen LogP) is 4.53. The van der Waals surface area contributed by atoms with Gasteiger partial charge in [-0.25, -0.2) is 10.2 Å². The van der Waals surface area contributed by atoms with Crippen molar-refractivity contribution < 1.29 is 14.3 Å². The van der Waals surface area contributed by atoms with E-state index < -0.39 is 5.97 Å². The lowest BCUT2D eigenvalue weighted by atomic mass is 10.0. The summed E-state index contributed by atoms with van der Waals surface area (Å²) < 4.78 is 5.67. The van der Waals surface area contributed by atoms with Crippen molar-refractivity contribution in [3.05, 3.63) is 107 Å². The number of hydrogen-bond acceptors (Lipinski definition) is 5. The van der Waals surface area contributed by atoms with Crippen LogP contribution in [0.5, 0.6) is 5.75 Å². The predicted molar refractivity (Wildman–Crippen MR) is 119 cm³/mol. The summed E-state index contributed by atoms with van der Waals surface area (Å²) in [4.78, 5) is 28.8. The number of nitrogens with one attached hydrogen (secondary N) is 1. The van der Waals surface area contributed by atoms with Crippen LogP contribution in [0.4, 0.5) is 0 Å². The van der Waals surface area contributed by atoms with Crippen molar-refractivity contribution in [3.8, 4) is 5.75 Å². The number of benzene rings is 3. The Morgan fingerprint density at radius 1 is 0.935 bits per heavy atom. The SMILES string of the molecule is Cc1ccc(C(=O)Oc2ccc3ccccc3c2/C=N\NC(=O)c2cccnc2)cc1. The van der Waals surface area contributed by atoms with Gasteiger partial charge in [0.15, 0.2) is 0 Å². The smallest absolute Gasteiger partial charge is 0.343 e. The van der Waals surface area contributed by atoms with Crippen molar-refractivity contribution in [2.75, 3.05) is 0 Å². The molecule has 0 unspecified atom stereocenters. The van der Waals surface area contributed by atoms with Crippen molar-refractivity contribution in [2.45, 2.75) is 6.92 Å². The molecule has 0 aliphatic rings. The molecule has 1 aromatic heterocycles. The number of esters is 1. The number of rotatable bonds is 5. The summed E-state index contributed by atoms with van der Waals surface area (Å²) in [6, 6.07) is 21.7. The number of hydrogen-bond donors (Lipinski definition) is 1. The molecule has 152 valence electrons. The van der Waals surface area contributed by atoms with Gasteiger partial charge in [0, 0.05) is 18.0 Å². The minimum absolute atomic E-state index is 0.351. The summed E-state index contributed by atoms with van der Waals surface area (Å²) in [5, 5.41) is 5.88. The first-order valence-corrected chi connectivity index (χ1v) is 9.66. The highest BCUT2D eigenvalue weighted by Crippen LogP contribution is 2.27. The Bertz CT molecular complexity index is 1270. The van der Waals surface area contributed by atoms with E-state index in [0.717, 1.165) is 16.3 Å². The average molecular weight is 409 g/mol. The number of aryl methyl sites for hydroxylation is 1. The van der Waals surface area contributed by atoms with Crippen LogP contribution in [0, 0.1) is 6.92 Å². The number of fused-ring (bicyclic) bond motifs is 1. The van der Waals surface area contributed by atoms with Crippen LogP contribution >= 0.6 is 0 Å². The zero-order valence-corrected chi connectivity index (χ0v) is 16.8. The van der Waals surface area contributed by atoms with Gasteiger partial charge in [-0.2, -0.15) is 5.10 Å². The quantitative estimate of drug-likeness (QED) is 0.227. The van der Waals surface area contributed by atoms with Crippen LogP contribution < -0.4 is 10.2 Å². The summed E-state index contributed by atoms with van der Waals surface area (Å²) in [5.74, 6) is -0.504. The Morgan fingerprint density at radius 2 is 1.74 bits per heavy atom. The molecule has 0 aliphatic carbocycles. The van der Waals surface area contributed by atoms with Crippen molar-refractivity contribution >= 4 is 28.9 Å². The number of pyridine rings is 1. The minimum atomic E-state index is -0.468. The Hall–Kier alpha value is -4.32. The third kappa shape index (κ3) is 4.64. The molecule has 0 atom stereocenters. The Kier molecular flexibility index (Phi) is 5.80. The first-order valence-electron chi connectivity index (χ1n) is 9.66. The zero-order chi connectivity index (χ0) is 21.6. The molecule has 0 spiro atoms. The molecule has 4 rings (SSSR count). The number of amides is 1. The van der Waals surface area contributed by atoms with Gasteiger partial charge < -0.3 is 4.74 Å². The molecule has 0 fully saturated rings. The van der Waals surface area contributed by atoms with Gasteiger partial charge >= 0.3 is 5.97 Å². The average Bonchev–Trinajstić information content (AvgIpc) is 2.81.